The summed E-state index contributed by atoms with van der Waals surface area (Å²) < 4.78 is 10.7. The molecule has 8 nitrogen and oxygen atoms in total. The molecule has 1 aliphatic heterocycles. The first-order chi connectivity index (χ1) is 12.6. The lowest BCUT2D eigenvalue weighted by atomic mass is 10.1. The van der Waals surface area contributed by atoms with Gasteiger partial charge < -0.3 is 14.8 Å². The number of hydrogen-bond acceptors (Lipinski definition) is 6. The minimum absolute atomic E-state index is 0.323. The SMILES string of the molecule is COc1ccc(CN(CCN/C(=N/[N+](=O)[O-])SC)CC2CCOC2)cc1. The lowest BCUT2D eigenvalue weighted by Gasteiger charge is -2.25. The number of ether oxygens (including phenoxy) is 2. The van der Waals surface area contributed by atoms with Gasteiger partial charge in [0.15, 0.2) is 5.03 Å². The molecule has 0 radical (unpaired) electrons. The van der Waals surface area contributed by atoms with Gasteiger partial charge in [0.2, 0.25) is 5.17 Å². The van der Waals surface area contributed by atoms with Crippen molar-refractivity contribution < 1.29 is 14.5 Å². The van der Waals surface area contributed by atoms with Crippen molar-refractivity contribution in [3.05, 3.63) is 39.9 Å². The summed E-state index contributed by atoms with van der Waals surface area (Å²) in [6.45, 7) is 4.73. The maximum Gasteiger partial charge on any atom is 0.234 e. The van der Waals surface area contributed by atoms with Gasteiger partial charge in [-0.05, 0) is 36.3 Å². The summed E-state index contributed by atoms with van der Waals surface area (Å²) in [7, 11) is 1.66. The van der Waals surface area contributed by atoms with Crippen molar-refractivity contribution in [3.63, 3.8) is 0 Å². The maximum atomic E-state index is 10.5. The number of thioether (sulfide) groups is 1. The van der Waals surface area contributed by atoms with Gasteiger partial charge in [-0.15, -0.1) is 0 Å². The highest BCUT2D eigenvalue weighted by atomic mass is 32.2. The third kappa shape index (κ3) is 7.19. The van der Waals surface area contributed by atoms with Gasteiger partial charge in [-0.2, -0.15) is 0 Å². The Bertz CT molecular complexity index is 591. The monoisotopic (exact) mass is 382 g/mol. The van der Waals surface area contributed by atoms with Crippen LogP contribution in [0.1, 0.15) is 12.0 Å². The van der Waals surface area contributed by atoms with Crippen LogP contribution >= 0.6 is 11.8 Å². The molecule has 1 N–H and O–H groups in total. The number of methoxy groups -OCH3 is 1. The molecule has 0 aliphatic carbocycles. The molecule has 1 aliphatic rings. The predicted molar refractivity (Wildman–Crippen MR) is 103 cm³/mol. The summed E-state index contributed by atoms with van der Waals surface area (Å²) >= 11 is 1.24. The molecule has 1 saturated heterocycles. The molecule has 1 unspecified atom stereocenters. The Labute approximate surface area is 158 Å². The fraction of sp³-hybridized carbons (Fsp3) is 0.588. The van der Waals surface area contributed by atoms with E-state index in [1.807, 2.05) is 12.1 Å². The van der Waals surface area contributed by atoms with Crippen molar-refractivity contribution in [2.45, 2.75) is 13.0 Å². The molecule has 0 amide bonds. The fourth-order valence-corrected chi connectivity index (χ4v) is 3.25. The molecule has 9 heteroatoms. The second kappa shape index (κ2) is 11.0. The van der Waals surface area contributed by atoms with Crippen molar-refractivity contribution >= 4 is 16.9 Å². The van der Waals surface area contributed by atoms with E-state index in [2.05, 4.69) is 27.5 Å². The minimum Gasteiger partial charge on any atom is -0.497 e. The minimum atomic E-state index is -0.677. The fourth-order valence-electron chi connectivity index (χ4n) is 2.86. The second-order valence-electron chi connectivity index (χ2n) is 6.09. The topological polar surface area (TPSA) is 89.2 Å². The van der Waals surface area contributed by atoms with E-state index in [-0.39, 0.29) is 0 Å². The Balaban J connectivity index is 1.92. The van der Waals surface area contributed by atoms with Crippen molar-refractivity contribution in [1.82, 2.24) is 10.2 Å². The van der Waals surface area contributed by atoms with Gasteiger partial charge in [0.25, 0.3) is 0 Å². The molecule has 1 atom stereocenters. The summed E-state index contributed by atoms with van der Waals surface area (Å²) in [5.41, 5.74) is 1.20. The maximum absolute atomic E-state index is 10.5. The lowest BCUT2D eigenvalue weighted by Crippen LogP contribution is -2.37. The number of hydrazone groups is 1. The van der Waals surface area contributed by atoms with E-state index in [1.54, 1.807) is 13.4 Å². The number of amidine groups is 1. The zero-order chi connectivity index (χ0) is 18.8. The van der Waals surface area contributed by atoms with E-state index in [1.165, 1.54) is 17.3 Å². The normalized spacial score (nSPS) is 17.5. The van der Waals surface area contributed by atoms with Crippen LogP contribution in [0.4, 0.5) is 0 Å². The van der Waals surface area contributed by atoms with Crippen LogP contribution in [0.15, 0.2) is 29.4 Å². The number of hydrogen-bond donors (Lipinski definition) is 1. The molecule has 2 rings (SSSR count). The number of rotatable bonds is 9. The Morgan fingerprint density at radius 1 is 1.50 bits per heavy atom. The summed E-state index contributed by atoms with van der Waals surface area (Å²) in [6, 6.07) is 8.04. The third-order valence-electron chi connectivity index (χ3n) is 4.18. The molecule has 1 heterocycles. The van der Waals surface area contributed by atoms with Crippen LogP contribution in [0.5, 0.6) is 5.75 Å². The van der Waals surface area contributed by atoms with Crippen molar-refractivity contribution in [2.24, 2.45) is 11.0 Å². The van der Waals surface area contributed by atoms with E-state index in [0.717, 1.165) is 45.0 Å². The molecule has 1 aromatic rings. The van der Waals surface area contributed by atoms with Crippen molar-refractivity contribution in [2.75, 3.05) is 46.2 Å². The molecule has 144 valence electrons. The van der Waals surface area contributed by atoms with Crippen LogP contribution in [0, 0.1) is 16.0 Å². The third-order valence-corrected chi connectivity index (χ3v) is 4.79. The molecule has 1 aromatic carbocycles. The molecule has 0 bridgehead atoms. The van der Waals surface area contributed by atoms with Gasteiger partial charge >= 0.3 is 0 Å². The molecule has 0 aromatic heterocycles. The van der Waals surface area contributed by atoms with Gasteiger partial charge in [0.05, 0.1) is 18.8 Å². The molecule has 1 fully saturated rings. The number of benzene rings is 1. The van der Waals surface area contributed by atoms with E-state index >= 15 is 0 Å². The average Bonchev–Trinajstić information content (AvgIpc) is 3.14. The summed E-state index contributed by atoms with van der Waals surface area (Å²) in [5.74, 6) is 1.37. The van der Waals surface area contributed by atoms with Crippen LogP contribution in [-0.4, -0.2) is 61.3 Å². The lowest BCUT2D eigenvalue weighted by molar-refractivity contribution is -0.484. The van der Waals surface area contributed by atoms with Gasteiger partial charge in [-0.1, -0.05) is 23.9 Å². The smallest absolute Gasteiger partial charge is 0.234 e. The van der Waals surface area contributed by atoms with E-state index in [4.69, 9.17) is 9.47 Å². The van der Waals surface area contributed by atoms with Crippen molar-refractivity contribution in [1.29, 1.82) is 0 Å². The van der Waals surface area contributed by atoms with Crippen LogP contribution in [0.3, 0.4) is 0 Å². The van der Waals surface area contributed by atoms with Gasteiger partial charge in [0, 0.05) is 32.8 Å². The Morgan fingerprint density at radius 3 is 2.85 bits per heavy atom. The quantitative estimate of drug-likeness (QED) is 0.302. The Morgan fingerprint density at radius 2 is 2.27 bits per heavy atom. The van der Waals surface area contributed by atoms with E-state index in [9.17, 15) is 10.1 Å². The first kappa shape index (κ1) is 20.5. The highest BCUT2D eigenvalue weighted by Gasteiger charge is 2.19. The Hall–Kier alpha value is -1.84. The van der Waals surface area contributed by atoms with Crippen LogP contribution < -0.4 is 10.1 Å². The molecule has 0 spiro atoms. The number of nitro groups is 1. The molecular formula is C17H26N4O4S. The zero-order valence-electron chi connectivity index (χ0n) is 15.2. The van der Waals surface area contributed by atoms with Crippen LogP contribution in [-0.2, 0) is 11.3 Å². The predicted octanol–water partition coefficient (Wildman–Crippen LogP) is 2.03. The molecular weight excluding hydrogens is 356 g/mol. The summed E-state index contributed by atoms with van der Waals surface area (Å²) in [5, 5.41) is 16.5. The Kier molecular flexibility index (Phi) is 8.66. The van der Waals surface area contributed by atoms with E-state index < -0.39 is 5.03 Å². The van der Waals surface area contributed by atoms with Crippen LogP contribution in [0.25, 0.3) is 0 Å². The van der Waals surface area contributed by atoms with Gasteiger partial charge in [-0.25, -0.2) is 10.1 Å². The number of nitrogens with one attached hydrogen (secondary N) is 1. The first-order valence-corrected chi connectivity index (χ1v) is 9.77. The summed E-state index contributed by atoms with van der Waals surface area (Å²) in [6.07, 6.45) is 2.84. The van der Waals surface area contributed by atoms with Gasteiger partial charge in [-0.3, -0.25) is 4.90 Å². The van der Waals surface area contributed by atoms with E-state index in [0.29, 0.717) is 17.6 Å². The van der Waals surface area contributed by atoms with Crippen LogP contribution in [0.2, 0.25) is 0 Å². The zero-order valence-corrected chi connectivity index (χ0v) is 16.0. The largest absolute Gasteiger partial charge is 0.497 e. The van der Waals surface area contributed by atoms with Gasteiger partial charge in [0.1, 0.15) is 5.75 Å². The average molecular weight is 382 g/mol. The second-order valence-corrected chi connectivity index (χ2v) is 6.88. The summed E-state index contributed by atoms with van der Waals surface area (Å²) in [4.78, 5) is 12.9. The highest BCUT2D eigenvalue weighted by Crippen LogP contribution is 2.17. The standard InChI is InChI=1S/C17H26N4O4S/c1-24-16-5-3-14(4-6-16)11-20(12-15-7-10-25-13-15)9-8-18-17(26-2)19-21(22)23/h3-6,15H,7-13H2,1-2H3,(H,18,19). The van der Waals surface area contributed by atoms with Crippen molar-refractivity contribution in [3.8, 4) is 5.75 Å². The number of nitrogens with zero attached hydrogens (tertiary/aromatic N) is 3. The molecule has 26 heavy (non-hydrogen) atoms. The molecule has 0 saturated carbocycles. The first-order valence-electron chi connectivity index (χ1n) is 8.54. The highest BCUT2D eigenvalue weighted by molar-refractivity contribution is 8.13.